The molecule has 9 atom stereocenters. The Balaban J connectivity index is 1.33. The molecule has 0 spiro atoms. The van der Waals surface area contributed by atoms with Gasteiger partial charge in [-0.3, -0.25) is 19.2 Å². The first-order valence-electron chi connectivity index (χ1n) is 17.4. The minimum atomic E-state index is -1.32. The van der Waals surface area contributed by atoms with Crippen molar-refractivity contribution in [3.8, 4) is 5.75 Å². The third kappa shape index (κ3) is 8.28. The summed E-state index contributed by atoms with van der Waals surface area (Å²) in [5, 5.41) is 18.7. The molecule has 0 radical (unpaired) electrons. The van der Waals surface area contributed by atoms with Gasteiger partial charge in [0.2, 0.25) is 0 Å². The van der Waals surface area contributed by atoms with Crippen molar-refractivity contribution in [1.82, 2.24) is 15.0 Å². The smallest absolute Gasteiger partial charge is 0.303 e. The van der Waals surface area contributed by atoms with Crippen LogP contribution in [0.1, 0.15) is 103 Å². The Labute approximate surface area is 292 Å². The van der Waals surface area contributed by atoms with Gasteiger partial charge in [0.05, 0.1) is 6.20 Å². The van der Waals surface area contributed by atoms with E-state index in [1.54, 1.807) is 6.20 Å². The van der Waals surface area contributed by atoms with E-state index < -0.39 is 54.5 Å². The van der Waals surface area contributed by atoms with E-state index in [-0.39, 0.29) is 25.2 Å². The van der Waals surface area contributed by atoms with Gasteiger partial charge in [-0.05, 0) is 78.5 Å². The molecule has 2 heterocycles. The van der Waals surface area contributed by atoms with Crippen molar-refractivity contribution in [1.29, 1.82) is 0 Å². The summed E-state index contributed by atoms with van der Waals surface area (Å²) in [6.07, 6.45) is 1.72. The fourth-order valence-electron chi connectivity index (χ4n) is 8.19. The number of benzene rings is 1. The first-order valence-corrected chi connectivity index (χ1v) is 17.4. The average Bonchev–Trinajstić information content (AvgIpc) is 3.54. The van der Waals surface area contributed by atoms with Crippen LogP contribution in [-0.2, 0) is 55.9 Å². The number of ether oxygens (including phenoxy) is 6. The fourth-order valence-corrected chi connectivity index (χ4v) is 8.19. The number of esters is 4. The minimum absolute atomic E-state index is 0.0231. The number of hydrogen-bond donors (Lipinski definition) is 1. The lowest BCUT2D eigenvalue weighted by Crippen LogP contribution is -2.60. The van der Waals surface area contributed by atoms with E-state index in [4.69, 9.17) is 28.4 Å². The summed E-state index contributed by atoms with van der Waals surface area (Å²) in [5.41, 5.74) is 3.08. The molecule has 1 aromatic heterocycles. The van der Waals surface area contributed by atoms with Crippen molar-refractivity contribution in [2.75, 3.05) is 13.2 Å². The predicted octanol–water partition coefficient (Wildman–Crippen LogP) is 3.97. The molecule has 14 nitrogen and oxygen atoms in total. The monoisotopic (exact) mass is 699 g/mol. The van der Waals surface area contributed by atoms with E-state index in [9.17, 15) is 24.3 Å². The Hall–Kier alpha value is -4.04. The molecule has 1 saturated carbocycles. The highest BCUT2D eigenvalue weighted by atomic mass is 16.7. The zero-order valence-electron chi connectivity index (χ0n) is 29.7. The number of rotatable bonds is 12. The molecule has 1 N–H and O–H groups in total. The van der Waals surface area contributed by atoms with Crippen LogP contribution in [0.15, 0.2) is 24.4 Å². The Kier molecular flexibility index (Phi) is 11.8. The molecule has 2 aromatic rings. The number of fused-ring (bicyclic) bond motifs is 3. The molecule has 2 fully saturated rings. The highest BCUT2D eigenvalue weighted by molar-refractivity contribution is 5.68. The number of aliphatic hydroxyl groups is 1. The van der Waals surface area contributed by atoms with Crippen LogP contribution in [-0.4, -0.2) is 81.6 Å². The molecule has 274 valence electrons. The van der Waals surface area contributed by atoms with Gasteiger partial charge in [0.1, 0.15) is 30.8 Å². The van der Waals surface area contributed by atoms with Crippen LogP contribution in [0.25, 0.3) is 0 Å². The first kappa shape index (κ1) is 37.2. The molecule has 0 unspecified atom stereocenters. The van der Waals surface area contributed by atoms with Crippen molar-refractivity contribution < 1.29 is 52.7 Å². The average molecular weight is 700 g/mol. The molecule has 1 aromatic carbocycles. The Morgan fingerprint density at radius 3 is 2.34 bits per heavy atom. The summed E-state index contributed by atoms with van der Waals surface area (Å²) in [6.45, 7) is 9.15. The maximum Gasteiger partial charge on any atom is 0.303 e. The van der Waals surface area contributed by atoms with Crippen LogP contribution in [0, 0.1) is 17.3 Å². The number of aromatic nitrogens is 3. The van der Waals surface area contributed by atoms with Crippen molar-refractivity contribution in [3.63, 3.8) is 0 Å². The molecule has 5 rings (SSSR count). The van der Waals surface area contributed by atoms with Gasteiger partial charge in [0.25, 0.3) is 0 Å². The van der Waals surface area contributed by atoms with Crippen LogP contribution >= 0.6 is 0 Å². The summed E-state index contributed by atoms with van der Waals surface area (Å²) in [6, 6.07) is 6.27. The lowest BCUT2D eigenvalue weighted by atomic mass is 9.54. The zero-order chi connectivity index (χ0) is 36.2. The standard InChI is InChI=1S/C36H49N3O11/c1-7-8-30-29-11-9-24-15-26(10-12-27(24)28(29)13-14-36(30,6)19-40)46-17-25-16-39(38-37-25)35-34(49-23(5)44)33(48-22(4)43)32(47-21(3)42)31(50-35)18-45-20(2)41/h10,12,15-16,28-35,40H,7-9,11,13-14,17-19H2,1-6H3/t28-,29-,30+,31-,32-,33+,34-,35-,36-/m1/s1. The quantitative estimate of drug-likeness (QED) is 0.249. The minimum Gasteiger partial charge on any atom is -0.487 e. The maximum atomic E-state index is 12.2. The summed E-state index contributed by atoms with van der Waals surface area (Å²) >= 11 is 0. The van der Waals surface area contributed by atoms with E-state index in [1.165, 1.54) is 29.7 Å². The van der Waals surface area contributed by atoms with Crippen molar-refractivity contribution >= 4 is 23.9 Å². The topological polar surface area (TPSA) is 175 Å². The lowest BCUT2D eigenvalue weighted by Gasteiger charge is -2.51. The first-order chi connectivity index (χ1) is 23.8. The Morgan fingerprint density at radius 1 is 0.980 bits per heavy atom. The number of nitrogens with zero attached hydrogens (tertiary/aromatic N) is 3. The van der Waals surface area contributed by atoms with Gasteiger partial charge in [-0.1, -0.05) is 31.5 Å². The van der Waals surface area contributed by atoms with Crippen LogP contribution < -0.4 is 4.74 Å². The SMILES string of the molecule is CCC[C@H]1[C@@H]2CCc3cc(OCc4cn([C@@H]5O[C@H](COC(C)=O)[C@@H](OC(C)=O)[C@H](OC(C)=O)[C@H]5OC(C)=O)nn4)ccc3[C@H]2CC[C@]1(C)CO. The molecule has 50 heavy (non-hydrogen) atoms. The van der Waals surface area contributed by atoms with E-state index >= 15 is 0 Å². The molecular weight excluding hydrogens is 650 g/mol. The zero-order valence-corrected chi connectivity index (χ0v) is 29.7. The number of carbonyl (C=O) groups excluding carboxylic acids is 4. The van der Waals surface area contributed by atoms with E-state index in [0.29, 0.717) is 29.2 Å². The van der Waals surface area contributed by atoms with Gasteiger partial charge in [-0.2, -0.15) is 0 Å². The maximum absolute atomic E-state index is 12.2. The summed E-state index contributed by atoms with van der Waals surface area (Å²) in [4.78, 5) is 48.1. The van der Waals surface area contributed by atoms with E-state index in [1.807, 2.05) is 6.07 Å². The highest BCUT2D eigenvalue weighted by Crippen LogP contribution is 2.56. The van der Waals surface area contributed by atoms with Gasteiger partial charge >= 0.3 is 23.9 Å². The van der Waals surface area contributed by atoms with Crippen LogP contribution in [0.4, 0.5) is 0 Å². The van der Waals surface area contributed by atoms with Crippen LogP contribution in [0.3, 0.4) is 0 Å². The molecule has 2 aliphatic carbocycles. The number of hydrogen-bond acceptors (Lipinski definition) is 13. The summed E-state index contributed by atoms with van der Waals surface area (Å²) in [5.74, 6) is -0.511. The summed E-state index contributed by atoms with van der Waals surface area (Å²) in [7, 11) is 0. The number of carbonyl (C=O) groups is 4. The fraction of sp³-hybridized carbons (Fsp3) is 0.667. The second kappa shape index (κ2) is 15.9. The van der Waals surface area contributed by atoms with Gasteiger partial charge in [-0.15, -0.1) is 5.10 Å². The highest BCUT2D eigenvalue weighted by Gasteiger charge is 2.53. The normalized spacial score (nSPS) is 30.3. The van der Waals surface area contributed by atoms with Crippen LogP contribution in [0.5, 0.6) is 5.75 Å². The Morgan fingerprint density at radius 2 is 1.68 bits per heavy atom. The largest absolute Gasteiger partial charge is 0.487 e. The van der Waals surface area contributed by atoms with E-state index in [0.717, 1.165) is 52.4 Å². The summed E-state index contributed by atoms with van der Waals surface area (Å²) < 4.78 is 35.3. The van der Waals surface area contributed by atoms with Gasteiger partial charge in [0, 0.05) is 34.3 Å². The number of aryl methyl sites for hydroxylation is 1. The third-order valence-corrected chi connectivity index (χ3v) is 10.3. The van der Waals surface area contributed by atoms with Gasteiger partial charge < -0.3 is 33.5 Å². The molecular formula is C36H49N3O11. The molecule has 14 heteroatoms. The second-order valence-corrected chi connectivity index (χ2v) is 14.0. The van der Waals surface area contributed by atoms with Gasteiger partial charge in [0.15, 0.2) is 24.5 Å². The van der Waals surface area contributed by atoms with Crippen LogP contribution in [0.2, 0.25) is 0 Å². The van der Waals surface area contributed by atoms with Crippen molar-refractivity contribution in [2.24, 2.45) is 17.3 Å². The predicted molar refractivity (Wildman–Crippen MR) is 175 cm³/mol. The molecule has 1 saturated heterocycles. The molecule has 1 aliphatic heterocycles. The Bertz CT molecular complexity index is 1540. The number of aliphatic hydroxyl groups excluding tert-OH is 1. The second-order valence-electron chi connectivity index (χ2n) is 14.0. The molecule has 0 amide bonds. The third-order valence-electron chi connectivity index (χ3n) is 10.3. The van der Waals surface area contributed by atoms with Gasteiger partial charge in [-0.25, -0.2) is 4.68 Å². The lowest BCUT2D eigenvalue weighted by molar-refractivity contribution is -0.270. The molecule has 3 aliphatic rings. The van der Waals surface area contributed by atoms with E-state index in [2.05, 4.69) is 36.3 Å². The van der Waals surface area contributed by atoms with Crippen molar-refractivity contribution in [3.05, 3.63) is 41.2 Å². The molecule has 0 bridgehead atoms. The van der Waals surface area contributed by atoms with Crippen molar-refractivity contribution in [2.45, 2.75) is 123 Å².